The molecule has 2 rings (SSSR count). The highest BCUT2D eigenvalue weighted by molar-refractivity contribution is 9.10. The van der Waals surface area contributed by atoms with Crippen molar-refractivity contribution < 1.29 is 4.74 Å². The number of nitrogens with one attached hydrogen (secondary N) is 1. The molecule has 2 nitrogen and oxygen atoms in total. The van der Waals surface area contributed by atoms with Crippen LogP contribution in [0.3, 0.4) is 0 Å². The molecule has 0 saturated carbocycles. The number of halogens is 1. The van der Waals surface area contributed by atoms with Gasteiger partial charge >= 0.3 is 0 Å². The second-order valence-electron chi connectivity index (χ2n) is 3.87. The molecule has 1 fully saturated rings. The predicted octanol–water partition coefficient (Wildman–Crippen LogP) is 3.57. The summed E-state index contributed by atoms with van der Waals surface area (Å²) in [6.45, 7) is 2.22. The van der Waals surface area contributed by atoms with E-state index >= 15 is 0 Å². The average molecular weight is 302 g/mol. The lowest BCUT2D eigenvalue weighted by Crippen LogP contribution is -2.24. The second kappa shape index (κ2) is 5.43. The molecule has 0 bridgehead atoms. The van der Waals surface area contributed by atoms with Gasteiger partial charge in [0.2, 0.25) is 0 Å². The van der Waals surface area contributed by atoms with E-state index in [1.54, 1.807) is 7.11 Å². The molecule has 0 spiro atoms. The zero-order chi connectivity index (χ0) is 11.5. The molecule has 2 unspecified atom stereocenters. The van der Waals surface area contributed by atoms with Gasteiger partial charge in [-0.2, -0.15) is 0 Å². The van der Waals surface area contributed by atoms with Crippen molar-refractivity contribution in [2.75, 3.05) is 12.9 Å². The first-order valence-corrected chi connectivity index (χ1v) is 7.30. The van der Waals surface area contributed by atoms with E-state index in [1.165, 1.54) is 17.7 Å². The van der Waals surface area contributed by atoms with Crippen LogP contribution in [-0.4, -0.2) is 18.9 Å². The van der Waals surface area contributed by atoms with Gasteiger partial charge in [0.15, 0.2) is 0 Å². The van der Waals surface area contributed by atoms with Gasteiger partial charge in [-0.15, -0.1) is 11.8 Å². The third-order valence-corrected chi connectivity index (χ3v) is 4.63. The topological polar surface area (TPSA) is 21.3 Å². The molecule has 1 aliphatic heterocycles. The zero-order valence-electron chi connectivity index (χ0n) is 9.50. The van der Waals surface area contributed by atoms with Crippen LogP contribution < -0.4 is 10.1 Å². The lowest BCUT2D eigenvalue weighted by molar-refractivity contribution is 0.406. The van der Waals surface area contributed by atoms with Crippen LogP contribution in [0.4, 0.5) is 0 Å². The Morgan fingerprint density at radius 3 is 3.00 bits per heavy atom. The molecule has 1 aliphatic rings. The van der Waals surface area contributed by atoms with Crippen molar-refractivity contribution in [2.45, 2.75) is 24.8 Å². The van der Waals surface area contributed by atoms with Gasteiger partial charge < -0.3 is 4.74 Å². The minimum Gasteiger partial charge on any atom is -0.496 e. The third kappa shape index (κ3) is 2.55. The van der Waals surface area contributed by atoms with E-state index < -0.39 is 0 Å². The maximum Gasteiger partial charge on any atom is 0.124 e. The minimum atomic E-state index is 0.359. The zero-order valence-corrected chi connectivity index (χ0v) is 11.9. The molecule has 1 aromatic carbocycles. The molecule has 1 N–H and O–H groups in total. The molecule has 88 valence electrons. The lowest BCUT2D eigenvalue weighted by atomic mass is 10.2. The van der Waals surface area contributed by atoms with Gasteiger partial charge in [0, 0.05) is 21.8 Å². The maximum absolute atomic E-state index is 5.41. The molecule has 0 radical (unpaired) electrons. The first kappa shape index (κ1) is 12.3. The van der Waals surface area contributed by atoms with Crippen molar-refractivity contribution >= 4 is 27.7 Å². The fourth-order valence-electron chi connectivity index (χ4n) is 1.85. The third-order valence-electron chi connectivity index (χ3n) is 2.82. The molecule has 0 aromatic heterocycles. The van der Waals surface area contributed by atoms with Gasteiger partial charge in [-0.25, -0.2) is 0 Å². The van der Waals surface area contributed by atoms with Gasteiger partial charge in [-0.3, -0.25) is 5.32 Å². The van der Waals surface area contributed by atoms with Crippen molar-refractivity contribution in [1.82, 2.24) is 5.32 Å². The first-order chi connectivity index (χ1) is 7.74. The van der Waals surface area contributed by atoms with Crippen molar-refractivity contribution in [3.8, 4) is 5.75 Å². The van der Waals surface area contributed by atoms with E-state index in [-0.39, 0.29) is 0 Å². The number of benzene rings is 1. The van der Waals surface area contributed by atoms with Gasteiger partial charge in [-0.1, -0.05) is 22.9 Å². The number of thioether (sulfide) groups is 1. The van der Waals surface area contributed by atoms with Gasteiger partial charge in [-0.05, 0) is 24.6 Å². The summed E-state index contributed by atoms with van der Waals surface area (Å²) in [5.74, 6) is 2.14. The van der Waals surface area contributed by atoms with Gasteiger partial charge in [0.05, 0.1) is 12.5 Å². The summed E-state index contributed by atoms with van der Waals surface area (Å²) in [6.07, 6.45) is 1.18. The molecule has 2 atom stereocenters. The standard InChI is InChI=1S/C12H16BrNOS/c1-3-9-7-16-12(14-9)10-6-8(13)4-5-11(10)15-2/h4-6,9,12,14H,3,7H2,1-2H3. The first-order valence-electron chi connectivity index (χ1n) is 5.45. The largest absolute Gasteiger partial charge is 0.496 e. The molecular formula is C12H16BrNOS. The van der Waals surface area contributed by atoms with E-state index in [9.17, 15) is 0 Å². The monoisotopic (exact) mass is 301 g/mol. The SMILES string of the molecule is CCC1CSC(c2cc(Br)ccc2OC)N1. The van der Waals surface area contributed by atoms with E-state index in [2.05, 4.69) is 34.2 Å². The Labute approximate surface area is 109 Å². The maximum atomic E-state index is 5.41. The van der Waals surface area contributed by atoms with Crippen LogP contribution in [0, 0.1) is 0 Å². The van der Waals surface area contributed by atoms with Crippen LogP contribution in [-0.2, 0) is 0 Å². The summed E-state index contributed by atoms with van der Waals surface area (Å²) in [4.78, 5) is 0. The molecule has 1 saturated heterocycles. The molecule has 1 heterocycles. The fourth-order valence-corrected chi connectivity index (χ4v) is 3.64. The molecular weight excluding hydrogens is 286 g/mol. The Balaban J connectivity index is 2.22. The smallest absolute Gasteiger partial charge is 0.124 e. The number of hydrogen-bond donors (Lipinski definition) is 1. The highest BCUT2D eigenvalue weighted by Gasteiger charge is 2.26. The van der Waals surface area contributed by atoms with E-state index in [0.29, 0.717) is 11.4 Å². The van der Waals surface area contributed by atoms with Crippen LogP contribution in [0.5, 0.6) is 5.75 Å². The number of hydrogen-bond acceptors (Lipinski definition) is 3. The minimum absolute atomic E-state index is 0.359. The van der Waals surface area contributed by atoms with Crippen LogP contribution in [0.25, 0.3) is 0 Å². The summed E-state index contributed by atoms with van der Waals surface area (Å²) in [6, 6.07) is 6.79. The highest BCUT2D eigenvalue weighted by Crippen LogP contribution is 2.39. The molecule has 16 heavy (non-hydrogen) atoms. The molecule has 1 aromatic rings. The lowest BCUT2D eigenvalue weighted by Gasteiger charge is -2.16. The van der Waals surface area contributed by atoms with Crippen LogP contribution >= 0.6 is 27.7 Å². The number of methoxy groups -OCH3 is 1. The number of rotatable bonds is 3. The van der Waals surface area contributed by atoms with Crippen molar-refractivity contribution in [1.29, 1.82) is 0 Å². The van der Waals surface area contributed by atoms with Crippen LogP contribution in [0.1, 0.15) is 24.3 Å². The van der Waals surface area contributed by atoms with Gasteiger partial charge in [0.1, 0.15) is 5.75 Å². The normalized spacial score (nSPS) is 24.7. The fraction of sp³-hybridized carbons (Fsp3) is 0.500. The summed E-state index contributed by atoms with van der Waals surface area (Å²) in [5.41, 5.74) is 1.23. The Morgan fingerprint density at radius 1 is 1.56 bits per heavy atom. The van der Waals surface area contributed by atoms with Crippen molar-refractivity contribution in [3.63, 3.8) is 0 Å². The molecule has 0 amide bonds. The summed E-state index contributed by atoms with van der Waals surface area (Å²) < 4.78 is 6.51. The molecule has 4 heteroatoms. The summed E-state index contributed by atoms with van der Waals surface area (Å²) >= 11 is 5.47. The Kier molecular flexibility index (Phi) is 4.16. The predicted molar refractivity (Wildman–Crippen MR) is 73.1 cm³/mol. The average Bonchev–Trinajstić information content (AvgIpc) is 2.77. The Hall–Kier alpha value is -0.190. The van der Waals surface area contributed by atoms with Crippen molar-refractivity contribution in [3.05, 3.63) is 28.2 Å². The summed E-state index contributed by atoms with van der Waals surface area (Å²) in [5, 5.41) is 3.98. The highest BCUT2D eigenvalue weighted by atomic mass is 79.9. The molecule has 0 aliphatic carbocycles. The van der Waals surface area contributed by atoms with Crippen LogP contribution in [0.2, 0.25) is 0 Å². The van der Waals surface area contributed by atoms with E-state index in [1.807, 2.05) is 23.9 Å². The van der Waals surface area contributed by atoms with Gasteiger partial charge in [0.25, 0.3) is 0 Å². The second-order valence-corrected chi connectivity index (χ2v) is 5.93. The quantitative estimate of drug-likeness (QED) is 0.922. The summed E-state index contributed by atoms with van der Waals surface area (Å²) in [7, 11) is 1.73. The van der Waals surface area contributed by atoms with Crippen LogP contribution in [0.15, 0.2) is 22.7 Å². The Bertz CT molecular complexity index is 372. The van der Waals surface area contributed by atoms with E-state index in [4.69, 9.17) is 4.74 Å². The Morgan fingerprint density at radius 2 is 2.38 bits per heavy atom. The van der Waals surface area contributed by atoms with E-state index in [0.717, 1.165) is 10.2 Å². The van der Waals surface area contributed by atoms with Crippen molar-refractivity contribution in [2.24, 2.45) is 0 Å². The number of ether oxygens (including phenoxy) is 1.